The van der Waals surface area contributed by atoms with Gasteiger partial charge >= 0.3 is 11.9 Å². The first-order valence-corrected chi connectivity index (χ1v) is 19.5. The number of amides is 2. The largest absolute Gasteiger partial charge is 0.508 e. The second kappa shape index (κ2) is 18.0. The highest BCUT2D eigenvalue weighted by molar-refractivity contribution is 5.98. The minimum absolute atomic E-state index is 0.00604. The van der Waals surface area contributed by atoms with Crippen LogP contribution in [-0.2, 0) is 36.8 Å². The predicted molar refractivity (Wildman–Crippen MR) is 220 cm³/mol. The first-order valence-electron chi connectivity index (χ1n) is 19.5. The third kappa shape index (κ3) is 12.0. The molecule has 1 aliphatic carbocycles. The second-order valence-corrected chi connectivity index (χ2v) is 16.7. The number of nitrogen functional groups attached to an aromatic ring is 2. The molecule has 2 heterocycles. The number of nitrogens with zero attached hydrogens (tertiary/aromatic N) is 5. The molecule has 0 radical (unpaired) electrons. The van der Waals surface area contributed by atoms with E-state index in [2.05, 4.69) is 30.6 Å². The van der Waals surface area contributed by atoms with E-state index in [1.165, 1.54) is 0 Å². The van der Waals surface area contributed by atoms with Crippen molar-refractivity contribution in [3.8, 4) is 5.75 Å². The molecule has 2 atom stereocenters. The zero-order valence-electron chi connectivity index (χ0n) is 34.3. The number of hydrogen-bond acceptors (Lipinski definition) is 14. The van der Waals surface area contributed by atoms with Crippen LogP contribution in [0.15, 0.2) is 48.7 Å². The monoisotopic (exact) mass is 797 g/mol. The third-order valence-corrected chi connectivity index (χ3v) is 9.48. The fourth-order valence-corrected chi connectivity index (χ4v) is 6.79. The van der Waals surface area contributed by atoms with Crippen molar-refractivity contribution in [3.63, 3.8) is 0 Å². The Morgan fingerprint density at radius 2 is 1.57 bits per heavy atom. The number of anilines is 3. The van der Waals surface area contributed by atoms with Gasteiger partial charge in [-0.3, -0.25) is 14.4 Å². The van der Waals surface area contributed by atoms with E-state index in [1.54, 1.807) is 84.1 Å². The number of fused-ring (bicyclic) bond motifs is 1. The predicted octanol–water partition coefficient (Wildman–Crippen LogP) is 4.87. The molecule has 5 rings (SSSR count). The van der Waals surface area contributed by atoms with Gasteiger partial charge in [0.1, 0.15) is 29.0 Å². The molecule has 0 bridgehead atoms. The zero-order chi connectivity index (χ0) is 42.4. The number of carbonyl (C=O) groups excluding carboxylic acids is 4. The van der Waals surface area contributed by atoms with Crippen molar-refractivity contribution >= 4 is 52.4 Å². The van der Waals surface area contributed by atoms with E-state index in [0.29, 0.717) is 17.8 Å². The van der Waals surface area contributed by atoms with Crippen LogP contribution in [0.5, 0.6) is 5.75 Å². The maximum Gasteiger partial charge on any atom is 0.329 e. The van der Waals surface area contributed by atoms with E-state index < -0.39 is 47.0 Å². The van der Waals surface area contributed by atoms with Crippen molar-refractivity contribution in [2.24, 2.45) is 0 Å². The molecular formula is C42H55N9O7. The van der Waals surface area contributed by atoms with Crippen molar-refractivity contribution < 1.29 is 33.8 Å². The summed E-state index contributed by atoms with van der Waals surface area (Å²) in [6.07, 6.45) is 5.44. The molecular weight excluding hydrogens is 743 g/mol. The van der Waals surface area contributed by atoms with Crippen molar-refractivity contribution in [2.75, 3.05) is 23.4 Å². The minimum Gasteiger partial charge on any atom is -0.508 e. The van der Waals surface area contributed by atoms with Crippen LogP contribution in [0.4, 0.5) is 17.5 Å². The quantitative estimate of drug-likeness (QED) is 0.107. The summed E-state index contributed by atoms with van der Waals surface area (Å²) in [5.41, 5.74) is 13.8. The molecule has 2 aromatic heterocycles. The van der Waals surface area contributed by atoms with Gasteiger partial charge in [0, 0.05) is 31.1 Å². The molecule has 1 saturated carbocycles. The number of esters is 2. The first kappa shape index (κ1) is 43.1. The van der Waals surface area contributed by atoms with Gasteiger partial charge in [-0.05, 0) is 108 Å². The highest BCUT2D eigenvalue weighted by Crippen LogP contribution is 2.39. The number of aromatic nitrogens is 4. The molecule has 2 amide bonds. The van der Waals surface area contributed by atoms with E-state index in [1.807, 2.05) is 18.0 Å². The molecule has 0 aliphatic heterocycles. The normalized spacial score (nSPS) is 14.4. The number of rotatable bonds is 14. The Morgan fingerprint density at radius 1 is 0.897 bits per heavy atom. The van der Waals surface area contributed by atoms with Crippen LogP contribution in [0.1, 0.15) is 113 Å². The number of aromatic hydroxyl groups is 1. The summed E-state index contributed by atoms with van der Waals surface area (Å²) in [5, 5.41) is 16.2. The standard InChI is InChI=1S/C42H55N9O7/c1-41(2,3)57-33(53)19-17-30(38(55)48-31(39(56)58-42(4,5)6)21-24-12-18-32(52)29(20-24)25-10-8-9-11-25)47-37(54)26-13-15-28(16-14-26)51(7)23-27-22-45-36-34(46-27)35(43)49-40(44)50-36/h12-16,18,20,22,25,30-31,52H,8-11,17,19,21,23H2,1-7H3,(H,47,54)(H,48,55)(H4,43,44,45,49,50)/t30-,31-/m0/s1. The number of benzene rings is 2. The Bertz CT molecular complexity index is 2120. The van der Waals surface area contributed by atoms with Crippen LogP contribution in [-0.4, -0.2) is 79.1 Å². The topological polar surface area (TPSA) is 238 Å². The highest BCUT2D eigenvalue weighted by atomic mass is 16.6. The van der Waals surface area contributed by atoms with Gasteiger partial charge < -0.3 is 41.6 Å². The Kier molecular flexibility index (Phi) is 13.4. The Morgan fingerprint density at radius 3 is 2.22 bits per heavy atom. The highest BCUT2D eigenvalue weighted by Gasteiger charge is 2.32. The van der Waals surface area contributed by atoms with Crippen LogP contribution in [0.3, 0.4) is 0 Å². The molecule has 58 heavy (non-hydrogen) atoms. The number of phenolic OH excluding ortho intramolecular Hbond substituents is 1. The third-order valence-electron chi connectivity index (χ3n) is 9.48. The molecule has 0 spiro atoms. The summed E-state index contributed by atoms with van der Waals surface area (Å²) in [6.45, 7) is 10.8. The SMILES string of the molecule is CN(Cc1cnc2nc(N)nc(N)c2n1)c1ccc(C(=O)N[C@@H](CCC(=O)OC(C)(C)C)C(=O)N[C@@H](Cc2ccc(O)c(C3CCCC3)c2)C(=O)OC(C)(C)C)cc1. The second-order valence-electron chi connectivity index (χ2n) is 16.7. The summed E-state index contributed by atoms with van der Waals surface area (Å²) in [5.74, 6) is -1.91. The molecule has 2 aromatic carbocycles. The van der Waals surface area contributed by atoms with E-state index in [4.69, 9.17) is 20.9 Å². The van der Waals surface area contributed by atoms with Gasteiger partial charge in [-0.15, -0.1) is 0 Å². The van der Waals surface area contributed by atoms with E-state index in [0.717, 1.165) is 42.5 Å². The number of nitrogens with one attached hydrogen (secondary N) is 2. The number of phenols is 1. The fraction of sp³-hybridized carbons (Fsp3) is 0.476. The minimum atomic E-state index is -1.22. The lowest BCUT2D eigenvalue weighted by molar-refractivity contribution is -0.159. The van der Waals surface area contributed by atoms with Gasteiger partial charge in [0.15, 0.2) is 17.0 Å². The van der Waals surface area contributed by atoms with Crippen LogP contribution >= 0.6 is 0 Å². The summed E-state index contributed by atoms with van der Waals surface area (Å²) in [6, 6.07) is 9.56. The van der Waals surface area contributed by atoms with E-state index in [-0.39, 0.29) is 53.9 Å². The summed E-state index contributed by atoms with van der Waals surface area (Å²) >= 11 is 0. The maximum absolute atomic E-state index is 14.1. The van der Waals surface area contributed by atoms with E-state index >= 15 is 0 Å². The molecule has 16 heteroatoms. The lowest BCUT2D eigenvalue weighted by atomic mass is 9.93. The Hall–Kier alpha value is -6.06. The summed E-state index contributed by atoms with van der Waals surface area (Å²) in [4.78, 5) is 72.9. The number of carbonyl (C=O) groups is 4. The van der Waals surface area contributed by atoms with Gasteiger partial charge in [-0.2, -0.15) is 9.97 Å². The molecule has 0 unspecified atom stereocenters. The van der Waals surface area contributed by atoms with Gasteiger partial charge in [0.2, 0.25) is 11.9 Å². The van der Waals surface area contributed by atoms with Crippen molar-refractivity contribution in [1.29, 1.82) is 0 Å². The maximum atomic E-state index is 14.1. The van der Waals surface area contributed by atoms with Crippen LogP contribution in [0.2, 0.25) is 0 Å². The average Bonchev–Trinajstić information content (AvgIpc) is 3.67. The lowest BCUT2D eigenvalue weighted by Gasteiger charge is -2.27. The van der Waals surface area contributed by atoms with Crippen molar-refractivity contribution in [1.82, 2.24) is 30.6 Å². The molecule has 0 saturated heterocycles. The van der Waals surface area contributed by atoms with Crippen LogP contribution < -0.4 is 27.0 Å². The smallest absolute Gasteiger partial charge is 0.329 e. The van der Waals surface area contributed by atoms with Crippen molar-refractivity contribution in [3.05, 3.63) is 71.0 Å². The molecule has 310 valence electrons. The molecule has 1 fully saturated rings. The lowest BCUT2D eigenvalue weighted by Crippen LogP contribution is -2.53. The molecule has 1 aliphatic rings. The Balaban J connectivity index is 1.33. The first-order chi connectivity index (χ1) is 27.2. The van der Waals surface area contributed by atoms with Gasteiger partial charge in [-0.25, -0.2) is 14.8 Å². The molecule has 4 aromatic rings. The summed E-state index contributed by atoms with van der Waals surface area (Å²) < 4.78 is 11.2. The number of hydrogen-bond donors (Lipinski definition) is 5. The molecule has 16 nitrogen and oxygen atoms in total. The van der Waals surface area contributed by atoms with Gasteiger partial charge in [0.05, 0.1) is 18.4 Å². The average molecular weight is 798 g/mol. The van der Waals surface area contributed by atoms with Gasteiger partial charge in [0.25, 0.3) is 5.91 Å². The van der Waals surface area contributed by atoms with E-state index in [9.17, 15) is 24.3 Å². The van der Waals surface area contributed by atoms with Gasteiger partial charge in [-0.1, -0.05) is 25.0 Å². The van der Waals surface area contributed by atoms with Crippen LogP contribution in [0.25, 0.3) is 11.2 Å². The zero-order valence-corrected chi connectivity index (χ0v) is 34.3. The number of nitrogens with two attached hydrogens (primary N) is 2. The fourth-order valence-electron chi connectivity index (χ4n) is 6.79. The Labute approximate surface area is 338 Å². The van der Waals surface area contributed by atoms with Crippen molar-refractivity contribution in [2.45, 2.75) is 122 Å². The molecule has 7 N–H and O–H groups in total. The summed E-state index contributed by atoms with van der Waals surface area (Å²) in [7, 11) is 1.84. The van der Waals surface area contributed by atoms with Crippen LogP contribution in [0, 0.1) is 0 Å². The number of ether oxygens (including phenoxy) is 2.